The van der Waals surface area contributed by atoms with Crippen LogP contribution >= 0.6 is 11.6 Å². The van der Waals surface area contributed by atoms with E-state index in [0.717, 1.165) is 39.9 Å². The molecule has 0 spiro atoms. The molecule has 0 aliphatic carbocycles. The highest BCUT2D eigenvalue weighted by Gasteiger charge is 2.27. The van der Waals surface area contributed by atoms with E-state index in [1.807, 2.05) is 36.1 Å². The number of aromatic nitrogens is 4. The van der Waals surface area contributed by atoms with Gasteiger partial charge in [-0.25, -0.2) is 9.50 Å². The number of nitrogens with zero attached hydrogens (tertiary/aromatic N) is 4. The number of hydrogen-bond donors (Lipinski definition) is 1. The van der Waals surface area contributed by atoms with Crippen molar-refractivity contribution < 1.29 is 4.79 Å². The van der Waals surface area contributed by atoms with Crippen LogP contribution < -0.4 is 0 Å². The molecule has 4 aromatic rings. The van der Waals surface area contributed by atoms with Crippen molar-refractivity contribution in [2.24, 2.45) is 0 Å². The van der Waals surface area contributed by atoms with Gasteiger partial charge < -0.3 is 9.88 Å². The topological polar surface area (TPSA) is 66.3 Å². The van der Waals surface area contributed by atoms with Crippen molar-refractivity contribution >= 4 is 34.1 Å². The van der Waals surface area contributed by atoms with Crippen LogP contribution in [-0.2, 0) is 13.0 Å². The quantitative estimate of drug-likeness (QED) is 0.562. The molecule has 0 atom stereocenters. The van der Waals surface area contributed by atoms with Crippen molar-refractivity contribution in [3.63, 3.8) is 0 Å². The van der Waals surface area contributed by atoms with Gasteiger partial charge in [0.15, 0.2) is 5.65 Å². The third-order valence-corrected chi connectivity index (χ3v) is 5.45. The molecule has 1 N–H and O–H groups in total. The van der Waals surface area contributed by atoms with E-state index < -0.39 is 0 Å². The Morgan fingerprint density at radius 3 is 3.08 bits per heavy atom. The smallest absolute Gasteiger partial charge is 0.257 e. The van der Waals surface area contributed by atoms with E-state index in [-0.39, 0.29) is 5.91 Å². The molecule has 130 valence electrons. The van der Waals surface area contributed by atoms with Crippen LogP contribution in [0.1, 0.15) is 27.3 Å². The highest BCUT2D eigenvalue weighted by atomic mass is 35.5. The summed E-state index contributed by atoms with van der Waals surface area (Å²) in [6.07, 6.45) is 4.12. The molecule has 4 heterocycles. The Bertz CT molecular complexity index is 1180. The van der Waals surface area contributed by atoms with Gasteiger partial charge in [-0.15, -0.1) is 0 Å². The summed E-state index contributed by atoms with van der Waals surface area (Å²) in [4.78, 5) is 22.8. The number of carbonyl (C=O) groups is 1. The lowest BCUT2D eigenvalue weighted by atomic mass is 10.0. The van der Waals surface area contributed by atoms with E-state index in [2.05, 4.69) is 15.1 Å². The molecule has 26 heavy (non-hydrogen) atoms. The lowest BCUT2D eigenvalue weighted by Crippen LogP contribution is -2.36. The maximum Gasteiger partial charge on any atom is 0.257 e. The fraction of sp³-hybridized carbons (Fsp3) is 0.211. The highest BCUT2D eigenvalue weighted by Crippen LogP contribution is 2.32. The van der Waals surface area contributed by atoms with Crippen molar-refractivity contribution in [1.82, 2.24) is 24.5 Å². The molecule has 0 fully saturated rings. The first kappa shape index (κ1) is 15.4. The Morgan fingerprint density at radius 1 is 1.31 bits per heavy atom. The van der Waals surface area contributed by atoms with Crippen LogP contribution in [0, 0.1) is 6.92 Å². The number of halogens is 1. The van der Waals surface area contributed by atoms with Crippen molar-refractivity contribution in [1.29, 1.82) is 0 Å². The lowest BCUT2D eigenvalue weighted by Gasteiger charge is -2.27. The van der Waals surface area contributed by atoms with Gasteiger partial charge in [0.2, 0.25) is 0 Å². The number of amides is 1. The third-order valence-electron chi connectivity index (χ3n) is 5.13. The first-order valence-corrected chi connectivity index (χ1v) is 8.88. The number of hydrogen-bond acceptors (Lipinski definition) is 3. The van der Waals surface area contributed by atoms with Gasteiger partial charge in [0.25, 0.3) is 5.91 Å². The second kappa shape index (κ2) is 5.57. The minimum atomic E-state index is -0.0190. The van der Waals surface area contributed by atoms with Crippen molar-refractivity contribution in [2.45, 2.75) is 19.9 Å². The molecule has 7 heteroatoms. The summed E-state index contributed by atoms with van der Waals surface area (Å²) >= 11 is 6.31. The normalized spacial score (nSPS) is 14.2. The minimum absolute atomic E-state index is 0.0190. The molecule has 1 amide bonds. The van der Waals surface area contributed by atoms with E-state index in [1.54, 1.807) is 16.9 Å². The lowest BCUT2D eigenvalue weighted by molar-refractivity contribution is 0.0733. The number of nitrogens with one attached hydrogen (secondary N) is 1. The third kappa shape index (κ3) is 2.15. The van der Waals surface area contributed by atoms with Gasteiger partial charge in [0.05, 0.1) is 28.0 Å². The first-order valence-electron chi connectivity index (χ1n) is 8.50. The summed E-state index contributed by atoms with van der Waals surface area (Å²) in [5.41, 5.74) is 5.39. The summed E-state index contributed by atoms with van der Waals surface area (Å²) in [7, 11) is 0. The second-order valence-corrected chi connectivity index (χ2v) is 6.99. The van der Waals surface area contributed by atoms with E-state index in [4.69, 9.17) is 11.6 Å². The number of H-pyrrole nitrogens is 1. The number of carbonyl (C=O) groups excluding carboxylic acids is 1. The number of aryl methyl sites for hydroxylation is 1. The van der Waals surface area contributed by atoms with Crippen LogP contribution in [0.15, 0.2) is 36.7 Å². The molecule has 3 aromatic heterocycles. The van der Waals surface area contributed by atoms with Crippen molar-refractivity contribution in [3.05, 3.63) is 64.2 Å². The predicted octanol–water partition coefficient (Wildman–Crippen LogP) is 3.37. The van der Waals surface area contributed by atoms with Gasteiger partial charge in [-0.05, 0) is 13.0 Å². The Hall–Kier alpha value is -2.86. The van der Waals surface area contributed by atoms with Gasteiger partial charge in [-0.2, -0.15) is 5.10 Å². The van der Waals surface area contributed by atoms with Crippen LogP contribution in [0.3, 0.4) is 0 Å². The first-order chi connectivity index (χ1) is 12.6. The zero-order valence-electron chi connectivity index (χ0n) is 14.2. The Kier molecular flexibility index (Phi) is 3.30. The van der Waals surface area contributed by atoms with E-state index in [0.29, 0.717) is 23.7 Å². The maximum absolute atomic E-state index is 13.1. The molecule has 1 aliphatic heterocycles. The fourth-order valence-electron chi connectivity index (χ4n) is 3.75. The van der Waals surface area contributed by atoms with Crippen molar-refractivity contribution in [3.8, 4) is 0 Å². The molecule has 0 saturated carbocycles. The minimum Gasteiger partial charge on any atom is -0.357 e. The van der Waals surface area contributed by atoms with Crippen LogP contribution in [0.5, 0.6) is 0 Å². The van der Waals surface area contributed by atoms with Crippen LogP contribution in [-0.4, -0.2) is 36.9 Å². The predicted molar refractivity (Wildman–Crippen MR) is 99.5 cm³/mol. The largest absolute Gasteiger partial charge is 0.357 e. The van der Waals surface area contributed by atoms with Crippen LogP contribution in [0.2, 0.25) is 5.02 Å². The molecule has 5 rings (SSSR count). The summed E-state index contributed by atoms with van der Waals surface area (Å²) in [6.45, 7) is 3.12. The molecular weight excluding hydrogens is 350 g/mol. The molecule has 0 saturated heterocycles. The Balaban J connectivity index is 1.54. The average molecular weight is 366 g/mol. The summed E-state index contributed by atoms with van der Waals surface area (Å²) in [5.74, 6) is -0.0190. The zero-order chi connectivity index (χ0) is 17.8. The van der Waals surface area contributed by atoms with Crippen LogP contribution in [0.4, 0.5) is 0 Å². The van der Waals surface area contributed by atoms with E-state index >= 15 is 0 Å². The molecule has 0 bridgehead atoms. The van der Waals surface area contributed by atoms with Gasteiger partial charge in [-0.3, -0.25) is 4.79 Å². The van der Waals surface area contributed by atoms with Gasteiger partial charge in [-0.1, -0.05) is 23.7 Å². The SMILES string of the molecule is Cc1c(C(=O)N2CCc3[nH]c4c(Cl)cccc4c3C2)cnc2ccnn12. The molecule has 6 nitrogen and oxygen atoms in total. The Morgan fingerprint density at radius 2 is 2.19 bits per heavy atom. The molecule has 0 unspecified atom stereocenters. The Labute approximate surface area is 154 Å². The molecular formula is C19H16ClN5O. The van der Waals surface area contributed by atoms with E-state index in [9.17, 15) is 4.79 Å². The summed E-state index contributed by atoms with van der Waals surface area (Å²) < 4.78 is 1.70. The summed E-state index contributed by atoms with van der Waals surface area (Å²) in [5, 5.41) is 6.04. The van der Waals surface area contributed by atoms with Gasteiger partial charge in [0, 0.05) is 48.4 Å². The molecule has 1 aromatic carbocycles. The van der Waals surface area contributed by atoms with E-state index in [1.165, 1.54) is 0 Å². The monoisotopic (exact) mass is 365 g/mol. The number of para-hydroxylation sites is 1. The fourth-order valence-corrected chi connectivity index (χ4v) is 3.97. The second-order valence-electron chi connectivity index (χ2n) is 6.58. The zero-order valence-corrected chi connectivity index (χ0v) is 14.9. The van der Waals surface area contributed by atoms with Gasteiger partial charge in [0.1, 0.15) is 0 Å². The van der Waals surface area contributed by atoms with Crippen LogP contribution in [0.25, 0.3) is 16.6 Å². The number of benzene rings is 1. The number of aromatic amines is 1. The number of fused-ring (bicyclic) bond motifs is 4. The summed E-state index contributed by atoms with van der Waals surface area (Å²) in [6, 6.07) is 7.69. The number of rotatable bonds is 1. The maximum atomic E-state index is 13.1. The molecule has 0 radical (unpaired) electrons. The average Bonchev–Trinajstić information content (AvgIpc) is 3.27. The highest BCUT2D eigenvalue weighted by molar-refractivity contribution is 6.35. The van der Waals surface area contributed by atoms with Crippen molar-refractivity contribution in [2.75, 3.05) is 6.54 Å². The van der Waals surface area contributed by atoms with Gasteiger partial charge >= 0.3 is 0 Å². The molecule has 1 aliphatic rings. The standard InChI is InChI=1S/C19H16ClN5O/c1-11-13(9-21-17-5-7-22-25(11)17)19(26)24-8-6-16-14(10-24)12-3-2-4-15(20)18(12)23-16/h2-5,7,9,23H,6,8,10H2,1H3.